The van der Waals surface area contributed by atoms with Crippen LogP contribution in [-0.2, 0) is 9.53 Å². The Balaban J connectivity index is 1.58. The van der Waals surface area contributed by atoms with Gasteiger partial charge in [-0.1, -0.05) is 0 Å². The van der Waals surface area contributed by atoms with E-state index in [0.717, 1.165) is 57.6 Å². The normalized spacial score (nSPS) is 30.0. The summed E-state index contributed by atoms with van der Waals surface area (Å²) in [6.45, 7) is 1.57. The lowest BCUT2D eigenvalue weighted by Gasteiger charge is -2.29. The Kier molecular flexibility index (Phi) is 4.43. The van der Waals surface area contributed by atoms with E-state index >= 15 is 0 Å². The van der Waals surface area contributed by atoms with Gasteiger partial charge >= 0.3 is 5.97 Å². The lowest BCUT2D eigenvalue weighted by atomic mass is 9.86. The molecule has 3 rings (SSSR count). The summed E-state index contributed by atoms with van der Waals surface area (Å²) in [6.07, 6.45) is 7.32. The van der Waals surface area contributed by atoms with Crippen LogP contribution in [0.4, 0.5) is 5.82 Å². The van der Waals surface area contributed by atoms with Gasteiger partial charge in [0.2, 0.25) is 0 Å². The molecule has 1 unspecified atom stereocenters. The summed E-state index contributed by atoms with van der Waals surface area (Å²) in [5.41, 5.74) is 0. The predicted molar refractivity (Wildman–Crippen MR) is 78.3 cm³/mol. The average molecular weight is 293 g/mol. The monoisotopic (exact) mass is 293 g/mol. The molecule has 116 valence electrons. The van der Waals surface area contributed by atoms with E-state index in [4.69, 9.17) is 9.84 Å². The molecule has 1 saturated carbocycles. The summed E-state index contributed by atoms with van der Waals surface area (Å²) < 4.78 is 7.57. The molecule has 1 aromatic heterocycles. The quantitative estimate of drug-likeness (QED) is 0.890. The smallest absolute Gasteiger partial charge is 0.306 e. The molecule has 1 aromatic rings. The molecule has 6 nitrogen and oxygen atoms in total. The van der Waals surface area contributed by atoms with Crippen molar-refractivity contribution in [2.24, 2.45) is 5.92 Å². The molecule has 1 atom stereocenters. The Morgan fingerprint density at radius 2 is 2.14 bits per heavy atom. The van der Waals surface area contributed by atoms with Gasteiger partial charge in [-0.15, -0.1) is 0 Å². The summed E-state index contributed by atoms with van der Waals surface area (Å²) in [4.78, 5) is 11.0. The topological polar surface area (TPSA) is 76.4 Å². The van der Waals surface area contributed by atoms with Crippen LogP contribution in [0.1, 0.15) is 44.6 Å². The van der Waals surface area contributed by atoms with Crippen molar-refractivity contribution >= 4 is 11.8 Å². The van der Waals surface area contributed by atoms with Crippen LogP contribution in [0.2, 0.25) is 0 Å². The molecule has 0 amide bonds. The third kappa shape index (κ3) is 3.37. The highest BCUT2D eigenvalue weighted by atomic mass is 16.5. The molecule has 1 aliphatic carbocycles. The zero-order valence-electron chi connectivity index (χ0n) is 12.2. The van der Waals surface area contributed by atoms with Crippen molar-refractivity contribution in [1.29, 1.82) is 0 Å². The van der Waals surface area contributed by atoms with Crippen LogP contribution in [0.3, 0.4) is 0 Å². The molecule has 6 heteroatoms. The van der Waals surface area contributed by atoms with Crippen LogP contribution >= 0.6 is 0 Å². The van der Waals surface area contributed by atoms with Gasteiger partial charge in [0, 0.05) is 18.7 Å². The van der Waals surface area contributed by atoms with Crippen LogP contribution in [0.5, 0.6) is 0 Å². The number of aliphatic carboxylic acids is 1. The average Bonchev–Trinajstić information content (AvgIpc) is 2.97. The van der Waals surface area contributed by atoms with Gasteiger partial charge in [0.1, 0.15) is 5.82 Å². The molecule has 2 heterocycles. The van der Waals surface area contributed by atoms with Gasteiger partial charge in [-0.3, -0.25) is 4.79 Å². The molecular formula is C15H23N3O3. The highest BCUT2D eigenvalue weighted by Gasteiger charge is 2.27. The molecule has 0 aromatic carbocycles. The maximum absolute atomic E-state index is 11.0. The van der Waals surface area contributed by atoms with Crippen molar-refractivity contribution in [3.8, 4) is 0 Å². The van der Waals surface area contributed by atoms with E-state index in [9.17, 15) is 4.79 Å². The van der Waals surface area contributed by atoms with Gasteiger partial charge in [-0.05, 0) is 38.5 Å². The second-order valence-electron chi connectivity index (χ2n) is 6.06. The first kappa shape index (κ1) is 14.4. The van der Waals surface area contributed by atoms with Crippen molar-refractivity contribution in [3.63, 3.8) is 0 Å². The van der Waals surface area contributed by atoms with Crippen molar-refractivity contribution in [3.05, 3.63) is 12.3 Å². The lowest BCUT2D eigenvalue weighted by Crippen LogP contribution is -2.31. The highest BCUT2D eigenvalue weighted by molar-refractivity contribution is 5.70. The third-order valence-corrected chi connectivity index (χ3v) is 4.58. The fraction of sp³-hybridized carbons (Fsp3) is 0.733. The second-order valence-corrected chi connectivity index (χ2v) is 6.06. The van der Waals surface area contributed by atoms with Gasteiger partial charge in [0.15, 0.2) is 0 Å². The minimum Gasteiger partial charge on any atom is -0.481 e. The predicted octanol–water partition coefficient (Wildman–Crippen LogP) is 2.29. The van der Waals surface area contributed by atoms with E-state index in [-0.39, 0.29) is 5.92 Å². The molecule has 1 aliphatic heterocycles. The van der Waals surface area contributed by atoms with Crippen LogP contribution in [0, 0.1) is 5.92 Å². The van der Waals surface area contributed by atoms with Crippen LogP contribution in [0.15, 0.2) is 12.3 Å². The molecular weight excluding hydrogens is 270 g/mol. The van der Waals surface area contributed by atoms with E-state index in [1.54, 1.807) is 0 Å². The van der Waals surface area contributed by atoms with Gasteiger partial charge < -0.3 is 15.2 Å². The standard InChI is InChI=1S/C15H23N3O3/c19-15(20)11-3-5-12(6-4-11)17-14-7-8-16-18(14)13-2-1-9-21-10-13/h7-8,11-13,17H,1-6,9-10H2,(H,19,20). The molecule has 0 radical (unpaired) electrons. The molecule has 1 saturated heterocycles. The number of ether oxygens (including phenoxy) is 1. The number of nitrogens with zero attached hydrogens (tertiary/aromatic N) is 2. The highest BCUT2D eigenvalue weighted by Crippen LogP contribution is 2.28. The fourth-order valence-corrected chi connectivity index (χ4v) is 3.33. The maximum Gasteiger partial charge on any atom is 0.306 e. The number of nitrogens with one attached hydrogen (secondary N) is 1. The molecule has 0 spiro atoms. The van der Waals surface area contributed by atoms with E-state index < -0.39 is 5.97 Å². The van der Waals surface area contributed by atoms with Crippen molar-refractivity contribution in [2.75, 3.05) is 18.5 Å². The summed E-state index contributed by atoms with van der Waals surface area (Å²) in [6, 6.07) is 2.66. The molecule has 2 aliphatic rings. The zero-order chi connectivity index (χ0) is 14.7. The number of carboxylic acid groups (broad SMARTS) is 1. The first-order valence-electron chi connectivity index (χ1n) is 7.84. The van der Waals surface area contributed by atoms with Gasteiger partial charge in [-0.2, -0.15) is 5.10 Å². The Morgan fingerprint density at radius 3 is 2.81 bits per heavy atom. The number of anilines is 1. The first-order valence-corrected chi connectivity index (χ1v) is 7.84. The second kappa shape index (κ2) is 6.47. The van der Waals surface area contributed by atoms with Gasteiger partial charge in [0.25, 0.3) is 0 Å². The number of hydrogen-bond acceptors (Lipinski definition) is 4. The fourth-order valence-electron chi connectivity index (χ4n) is 3.33. The van der Waals surface area contributed by atoms with Crippen molar-refractivity contribution < 1.29 is 14.6 Å². The van der Waals surface area contributed by atoms with Gasteiger partial charge in [0.05, 0.1) is 24.8 Å². The van der Waals surface area contributed by atoms with Crippen LogP contribution in [-0.4, -0.2) is 40.1 Å². The molecule has 21 heavy (non-hydrogen) atoms. The van der Waals surface area contributed by atoms with Crippen LogP contribution < -0.4 is 5.32 Å². The molecule has 2 N–H and O–H groups in total. The van der Waals surface area contributed by atoms with E-state index in [1.165, 1.54) is 0 Å². The number of carboxylic acids is 1. The Bertz CT molecular complexity index is 474. The molecule has 0 bridgehead atoms. The minimum atomic E-state index is -0.655. The number of aromatic nitrogens is 2. The summed E-state index contributed by atoms with van der Waals surface area (Å²) >= 11 is 0. The Labute approximate surface area is 124 Å². The van der Waals surface area contributed by atoms with Crippen molar-refractivity contribution in [1.82, 2.24) is 9.78 Å². The van der Waals surface area contributed by atoms with Crippen molar-refractivity contribution in [2.45, 2.75) is 50.6 Å². The summed E-state index contributed by atoms with van der Waals surface area (Å²) in [7, 11) is 0. The minimum absolute atomic E-state index is 0.167. The largest absolute Gasteiger partial charge is 0.481 e. The third-order valence-electron chi connectivity index (χ3n) is 4.58. The van der Waals surface area contributed by atoms with E-state index in [0.29, 0.717) is 12.1 Å². The number of carbonyl (C=O) groups is 1. The Morgan fingerprint density at radius 1 is 1.33 bits per heavy atom. The zero-order valence-corrected chi connectivity index (χ0v) is 12.2. The summed E-state index contributed by atoms with van der Waals surface area (Å²) in [5.74, 6) is 0.210. The lowest BCUT2D eigenvalue weighted by molar-refractivity contribution is -0.142. The Hall–Kier alpha value is -1.56. The first-order chi connectivity index (χ1) is 10.2. The van der Waals surface area contributed by atoms with E-state index in [2.05, 4.69) is 10.4 Å². The maximum atomic E-state index is 11.0. The summed E-state index contributed by atoms with van der Waals surface area (Å²) in [5, 5.41) is 17.0. The van der Waals surface area contributed by atoms with Crippen LogP contribution in [0.25, 0.3) is 0 Å². The van der Waals surface area contributed by atoms with Gasteiger partial charge in [-0.25, -0.2) is 4.68 Å². The molecule has 2 fully saturated rings. The van der Waals surface area contributed by atoms with E-state index in [1.807, 2.05) is 16.9 Å². The number of hydrogen-bond donors (Lipinski definition) is 2. The number of rotatable bonds is 4. The SMILES string of the molecule is O=C(O)C1CCC(Nc2ccnn2C2CCCOC2)CC1.